The molecule has 0 aromatic heterocycles. The van der Waals surface area contributed by atoms with Crippen molar-refractivity contribution in [1.29, 1.82) is 0 Å². The molecule has 2 aliphatic rings. The first kappa shape index (κ1) is 14.1. The van der Waals surface area contributed by atoms with E-state index in [2.05, 4.69) is 10.6 Å². The van der Waals surface area contributed by atoms with E-state index in [1.165, 1.54) is 57.8 Å². The normalized spacial score (nSPS) is 22.0. The second-order valence-electron chi connectivity index (χ2n) is 5.51. The molecule has 0 radical (unpaired) electrons. The highest BCUT2D eigenvalue weighted by Crippen LogP contribution is 2.20. The van der Waals surface area contributed by atoms with Crippen molar-refractivity contribution >= 4 is 17.3 Å². The smallest absolute Gasteiger partial charge is 0.166 e. The third kappa shape index (κ3) is 5.11. The van der Waals surface area contributed by atoms with Gasteiger partial charge in [-0.25, -0.2) is 0 Å². The first-order valence-electron chi connectivity index (χ1n) is 7.50. The van der Waals surface area contributed by atoms with Crippen LogP contribution in [0.2, 0.25) is 0 Å². The number of hydrogen-bond acceptors (Lipinski definition) is 2. The Balaban J connectivity index is 1.48. The van der Waals surface area contributed by atoms with E-state index in [9.17, 15) is 0 Å². The Labute approximate surface area is 116 Å². The molecule has 0 aromatic rings. The summed E-state index contributed by atoms with van der Waals surface area (Å²) >= 11 is 5.31. The molecule has 4 heteroatoms. The van der Waals surface area contributed by atoms with Crippen molar-refractivity contribution in [3.05, 3.63) is 0 Å². The second kappa shape index (κ2) is 7.95. The van der Waals surface area contributed by atoms with Gasteiger partial charge in [0.1, 0.15) is 0 Å². The van der Waals surface area contributed by atoms with E-state index in [0.29, 0.717) is 12.1 Å². The highest BCUT2D eigenvalue weighted by molar-refractivity contribution is 7.80. The summed E-state index contributed by atoms with van der Waals surface area (Å²) in [6, 6.07) is 0.592. The zero-order chi connectivity index (χ0) is 12.6. The zero-order valence-corrected chi connectivity index (χ0v) is 12.1. The molecule has 0 saturated heterocycles. The number of thiocarbonyl (C=S) groups is 1. The summed E-state index contributed by atoms with van der Waals surface area (Å²) in [5.41, 5.74) is 0. The monoisotopic (exact) mass is 270 g/mol. The van der Waals surface area contributed by atoms with Crippen LogP contribution in [0.4, 0.5) is 0 Å². The van der Waals surface area contributed by atoms with Crippen molar-refractivity contribution in [3.63, 3.8) is 0 Å². The average molecular weight is 270 g/mol. The van der Waals surface area contributed by atoms with Gasteiger partial charge in [-0.3, -0.25) is 0 Å². The lowest BCUT2D eigenvalue weighted by atomic mass is 9.96. The average Bonchev–Trinajstić information content (AvgIpc) is 2.89. The van der Waals surface area contributed by atoms with Crippen LogP contribution in [0, 0.1) is 0 Å². The molecule has 0 amide bonds. The predicted molar refractivity (Wildman–Crippen MR) is 78.8 cm³/mol. The van der Waals surface area contributed by atoms with Gasteiger partial charge >= 0.3 is 0 Å². The SMILES string of the molecule is S=C(NCCOC1CCCC1)NC1CCCCC1. The van der Waals surface area contributed by atoms with Crippen LogP contribution in [-0.4, -0.2) is 30.4 Å². The molecule has 2 rings (SSSR count). The molecule has 0 aromatic carbocycles. The lowest BCUT2D eigenvalue weighted by Gasteiger charge is -2.24. The van der Waals surface area contributed by atoms with Gasteiger partial charge in [-0.1, -0.05) is 32.1 Å². The van der Waals surface area contributed by atoms with Gasteiger partial charge in [0.05, 0.1) is 12.7 Å². The fourth-order valence-electron chi connectivity index (χ4n) is 2.93. The van der Waals surface area contributed by atoms with Gasteiger partial charge in [-0.2, -0.15) is 0 Å². The Morgan fingerprint density at radius 3 is 2.39 bits per heavy atom. The predicted octanol–water partition coefficient (Wildman–Crippen LogP) is 2.74. The Hall–Kier alpha value is -0.350. The van der Waals surface area contributed by atoms with Crippen LogP contribution in [-0.2, 0) is 4.74 Å². The fourth-order valence-corrected chi connectivity index (χ4v) is 3.20. The topological polar surface area (TPSA) is 33.3 Å². The third-order valence-electron chi connectivity index (χ3n) is 3.98. The summed E-state index contributed by atoms with van der Waals surface area (Å²) in [6.45, 7) is 1.60. The second-order valence-corrected chi connectivity index (χ2v) is 5.92. The maximum absolute atomic E-state index is 5.79. The van der Waals surface area contributed by atoms with Crippen molar-refractivity contribution in [3.8, 4) is 0 Å². The van der Waals surface area contributed by atoms with Crippen LogP contribution in [0.1, 0.15) is 57.8 Å². The van der Waals surface area contributed by atoms with Gasteiger partial charge < -0.3 is 15.4 Å². The highest BCUT2D eigenvalue weighted by Gasteiger charge is 2.15. The standard InChI is InChI=1S/C14H26N2OS/c18-14(16-12-6-2-1-3-7-12)15-10-11-17-13-8-4-5-9-13/h12-13H,1-11H2,(H2,15,16,18). The summed E-state index contributed by atoms with van der Waals surface area (Å²) in [5.74, 6) is 0. The molecule has 3 nitrogen and oxygen atoms in total. The third-order valence-corrected chi connectivity index (χ3v) is 4.25. The van der Waals surface area contributed by atoms with Crippen molar-refractivity contribution in [1.82, 2.24) is 10.6 Å². The lowest BCUT2D eigenvalue weighted by molar-refractivity contribution is 0.0622. The van der Waals surface area contributed by atoms with Crippen LogP contribution >= 0.6 is 12.2 Å². The van der Waals surface area contributed by atoms with E-state index < -0.39 is 0 Å². The number of ether oxygens (including phenoxy) is 1. The van der Waals surface area contributed by atoms with Crippen molar-refractivity contribution in [2.24, 2.45) is 0 Å². The minimum Gasteiger partial charge on any atom is -0.376 e. The summed E-state index contributed by atoms with van der Waals surface area (Å²) in [6.07, 6.45) is 12.2. The molecule has 2 fully saturated rings. The van der Waals surface area contributed by atoms with E-state index in [0.717, 1.165) is 18.3 Å². The molecular formula is C14H26N2OS. The molecule has 2 N–H and O–H groups in total. The highest BCUT2D eigenvalue weighted by atomic mass is 32.1. The first-order chi connectivity index (χ1) is 8.84. The van der Waals surface area contributed by atoms with Crippen LogP contribution in [0.25, 0.3) is 0 Å². The van der Waals surface area contributed by atoms with Gasteiger partial charge in [0.25, 0.3) is 0 Å². The zero-order valence-electron chi connectivity index (χ0n) is 11.2. The van der Waals surface area contributed by atoms with Crippen LogP contribution in [0.5, 0.6) is 0 Å². The molecule has 0 spiro atoms. The Morgan fingerprint density at radius 2 is 1.67 bits per heavy atom. The fraction of sp³-hybridized carbons (Fsp3) is 0.929. The van der Waals surface area contributed by atoms with E-state index in [1.807, 2.05) is 0 Å². The molecule has 0 aliphatic heterocycles. The molecule has 0 bridgehead atoms. The van der Waals surface area contributed by atoms with Crippen LogP contribution in [0.3, 0.4) is 0 Å². The van der Waals surface area contributed by atoms with Crippen LogP contribution in [0.15, 0.2) is 0 Å². The lowest BCUT2D eigenvalue weighted by Crippen LogP contribution is -2.43. The van der Waals surface area contributed by atoms with Crippen molar-refractivity contribution in [2.45, 2.75) is 69.9 Å². The quantitative estimate of drug-likeness (QED) is 0.594. The number of rotatable bonds is 5. The molecule has 0 heterocycles. The number of hydrogen-bond donors (Lipinski definition) is 2. The van der Waals surface area contributed by atoms with Gasteiger partial charge in [-0.05, 0) is 37.9 Å². The summed E-state index contributed by atoms with van der Waals surface area (Å²) < 4.78 is 5.79. The maximum Gasteiger partial charge on any atom is 0.166 e. The minimum absolute atomic E-state index is 0.506. The Kier molecular flexibility index (Phi) is 6.21. The summed E-state index contributed by atoms with van der Waals surface area (Å²) in [4.78, 5) is 0. The molecular weight excluding hydrogens is 244 g/mol. The Bertz CT molecular complexity index is 248. The molecule has 0 atom stereocenters. The van der Waals surface area contributed by atoms with E-state index in [-0.39, 0.29) is 0 Å². The van der Waals surface area contributed by atoms with Gasteiger partial charge in [0, 0.05) is 12.6 Å². The summed E-state index contributed by atoms with van der Waals surface area (Å²) in [7, 11) is 0. The van der Waals surface area contributed by atoms with Gasteiger partial charge in [0.15, 0.2) is 5.11 Å². The van der Waals surface area contributed by atoms with Crippen molar-refractivity contribution in [2.75, 3.05) is 13.2 Å². The maximum atomic E-state index is 5.79. The van der Waals surface area contributed by atoms with Crippen LogP contribution < -0.4 is 10.6 Å². The van der Waals surface area contributed by atoms with E-state index in [1.54, 1.807) is 0 Å². The van der Waals surface area contributed by atoms with Gasteiger partial charge in [0.2, 0.25) is 0 Å². The Morgan fingerprint density at radius 1 is 1.00 bits per heavy atom. The van der Waals surface area contributed by atoms with E-state index >= 15 is 0 Å². The molecule has 18 heavy (non-hydrogen) atoms. The van der Waals surface area contributed by atoms with Crippen molar-refractivity contribution < 1.29 is 4.74 Å². The summed E-state index contributed by atoms with van der Waals surface area (Å²) in [5, 5.41) is 7.46. The minimum atomic E-state index is 0.506. The largest absolute Gasteiger partial charge is 0.376 e. The first-order valence-corrected chi connectivity index (χ1v) is 7.91. The molecule has 2 aliphatic carbocycles. The molecule has 0 unspecified atom stereocenters. The number of nitrogens with one attached hydrogen (secondary N) is 2. The van der Waals surface area contributed by atoms with Gasteiger partial charge in [-0.15, -0.1) is 0 Å². The molecule has 2 saturated carbocycles. The van der Waals surface area contributed by atoms with E-state index in [4.69, 9.17) is 17.0 Å². The molecule has 104 valence electrons.